The summed E-state index contributed by atoms with van der Waals surface area (Å²) in [4.78, 5) is 15.0. The molecule has 2 fully saturated rings. The quantitative estimate of drug-likeness (QED) is 0.765. The van der Waals surface area contributed by atoms with Crippen molar-refractivity contribution < 1.29 is 9.18 Å². The molecule has 4 nitrogen and oxygen atoms in total. The predicted octanol–water partition coefficient (Wildman–Crippen LogP) is 3.72. The monoisotopic (exact) mass is 395 g/mol. The highest BCUT2D eigenvalue weighted by Gasteiger charge is 2.42. The van der Waals surface area contributed by atoms with Crippen LogP contribution in [0.1, 0.15) is 50.2 Å². The van der Waals surface area contributed by atoms with Crippen LogP contribution in [0.5, 0.6) is 0 Å². The summed E-state index contributed by atoms with van der Waals surface area (Å²) < 4.78 is 14.8. The number of halogens is 1. The molecule has 1 saturated carbocycles. The number of carbonyl (C=O) groups excluding carboxylic acids is 1. The van der Waals surface area contributed by atoms with Crippen LogP contribution in [-0.4, -0.2) is 42.4 Å². The zero-order valence-corrected chi connectivity index (χ0v) is 17.2. The predicted molar refractivity (Wildman–Crippen MR) is 112 cm³/mol. The Hall–Kier alpha value is -2.03. The highest BCUT2D eigenvalue weighted by Crippen LogP contribution is 2.36. The van der Waals surface area contributed by atoms with Gasteiger partial charge in [-0.1, -0.05) is 25.1 Å². The first kappa shape index (κ1) is 20.3. The maximum absolute atomic E-state index is 14.8. The second-order valence-corrected chi connectivity index (χ2v) is 8.79. The number of nitrogens with zero attached hydrogens (tertiary/aromatic N) is 2. The summed E-state index contributed by atoms with van der Waals surface area (Å²) >= 11 is 0. The van der Waals surface area contributed by atoms with Crippen LogP contribution in [0, 0.1) is 29.0 Å². The summed E-state index contributed by atoms with van der Waals surface area (Å²) in [6, 6.07) is 7.95. The van der Waals surface area contributed by atoms with E-state index in [1.54, 1.807) is 12.1 Å². The van der Waals surface area contributed by atoms with E-state index in [0.717, 1.165) is 50.9 Å². The average Bonchev–Trinajstić information content (AvgIpc) is 3.38. The van der Waals surface area contributed by atoms with E-state index in [1.807, 2.05) is 6.07 Å². The Morgan fingerprint density at radius 1 is 1.41 bits per heavy atom. The molecule has 0 radical (unpaired) electrons. The Balaban J connectivity index is 1.38. The summed E-state index contributed by atoms with van der Waals surface area (Å²) in [7, 11) is 0. The smallest absolute Gasteiger partial charge is 0.151 e. The third-order valence-corrected chi connectivity index (χ3v) is 6.97. The van der Waals surface area contributed by atoms with Crippen LogP contribution in [0.3, 0.4) is 0 Å². The first-order valence-corrected chi connectivity index (χ1v) is 11.0. The standard InChI is InChI=1S/C24H30FN3O/c1-2-28-9-7-17(8-10-28)18-3-4-19(22(25)14-18)11-16(15-26)12-23(29)24-20-5-6-21(13-20)27-24/h3-4,7,14,16,20-21,24,27H,2,5-6,8-13H2,1H3/t16-,20+,21-,24+/m1/s1. The Bertz CT molecular complexity index is 843. The topological polar surface area (TPSA) is 56.1 Å². The van der Waals surface area contributed by atoms with Crippen LogP contribution in [0.25, 0.3) is 5.57 Å². The highest BCUT2D eigenvalue weighted by molar-refractivity contribution is 5.85. The van der Waals surface area contributed by atoms with Gasteiger partial charge >= 0.3 is 0 Å². The number of fused-ring (bicyclic) bond motifs is 2. The minimum absolute atomic E-state index is 0.0993. The van der Waals surface area contributed by atoms with Gasteiger partial charge in [0.2, 0.25) is 0 Å². The Kier molecular flexibility index (Phi) is 6.12. The fourth-order valence-electron chi connectivity index (χ4n) is 5.19. The fourth-order valence-corrected chi connectivity index (χ4v) is 5.19. The van der Waals surface area contributed by atoms with Crippen molar-refractivity contribution in [3.8, 4) is 6.07 Å². The molecule has 5 heteroatoms. The van der Waals surface area contributed by atoms with Gasteiger partial charge < -0.3 is 5.32 Å². The van der Waals surface area contributed by atoms with E-state index >= 15 is 0 Å². The lowest BCUT2D eigenvalue weighted by atomic mass is 9.88. The molecule has 1 saturated heterocycles. The summed E-state index contributed by atoms with van der Waals surface area (Å²) in [6.45, 7) is 5.09. The van der Waals surface area contributed by atoms with Crippen LogP contribution in [0.15, 0.2) is 24.3 Å². The normalized spacial score (nSPS) is 27.5. The molecule has 1 aliphatic carbocycles. The zero-order chi connectivity index (χ0) is 20.4. The number of hydrogen-bond donors (Lipinski definition) is 1. The van der Waals surface area contributed by atoms with E-state index in [1.165, 1.54) is 5.57 Å². The minimum Gasteiger partial charge on any atom is -0.304 e. The maximum atomic E-state index is 14.8. The second kappa shape index (κ2) is 8.77. The largest absolute Gasteiger partial charge is 0.304 e. The lowest BCUT2D eigenvalue weighted by Gasteiger charge is -2.25. The molecule has 154 valence electrons. The SMILES string of the molecule is CCN1CC=C(c2ccc(C[C@@H](C#N)CC(=O)[C@H]3N[C@@H]4CC[C@H]3C4)c(F)c2)CC1. The lowest BCUT2D eigenvalue weighted by Crippen LogP contribution is -2.42. The molecule has 0 unspecified atom stereocenters. The molecule has 0 spiro atoms. The molecule has 2 bridgehead atoms. The summed E-state index contributed by atoms with van der Waals surface area (Å²) in [5.41, 5.74) is 2.65. The van der Waals surface area contributed by atoms with Gasteiger partial charge in [-0.3, -0.25) is 9.69 Å². The third-order valence-electron chi connectivity index (χ3n) is 6.97. The zero-order valence-electron chi connectivity index (χ0n) is 17.2. The molecular weight excluding hydrogens is 365 g/mol. The number of carbonyl (C=O) groups is 1. The van der Waals surface area contributed by atoms with E-state index < -0.39 is 5.92 Å². The molecular formula is C24H30FN3O. The van der Waals surface area contributed by atoms with Gasteiger partial charge in [0.1, 0.15) is 5.82 Å². The van der Waals surface area contributed by atoms with Gasteiger partial charge in [-0.25, -0.2) is 4.39 Å². The number of likely N-dealkylation sites (N-methyl/N-ethyl adjacent to an activating group) is 1. The highest BCUT2D eigenvalue weighted by atomic mass is 19.1. The molecule has 4 rings (SSSR count). The first-order valence-electron chi connectivity index (χ1n) is 11.0. The van der Waals surface area contributed by atoms with Crippen molar-refractivity contribution >= 4 is 11.4 Å². The van der Waals surface area contributed by atoms with Crippen LogP contribution in [-0.2, 0) is 11.2 Å². The summed E-state index contributed by atoms with van der Waals surface area (Å²) in [5.74, 6) is -0.202. The van der Waals surface area contributed by atoms with E-state index in [2.05, 4.69) is 29.3 Å². The third kappa shape index (κ3) is 4.44. The molecule has 2 heterocycles. The summed E-state index contributed by atoms with van der Waals surface area (Å²) in [5, 5.41) is 13.0. The van der Waals surface area contributed by atoms with Crippen molar-refractivity contribution in [1.82, 2.24) is 10.2 Å². The number of Topliss-reactive ketones (excluding diaryl/α,β-unsaturated/α-hetero) is 1. The van der Waals surface area contributed by atoms with Crippen molar-refractivity contribution in [2.75, 3.05) is 19.6 Å². The minimum atomic E-state index is -0.476. The number of hydrogen-bond acceptors (Lipinski definition) is 4. The van der Waals surface area contributed by atoms with Gasteiger partial charge in [0.05, 0.1) is 18.0 Å². The summed E-state index contributed by atoms with van der Waals surface area (Å²) in [6.07, 6.45) is 6.94. The fraction of sp³-hybridized carbons (Fsp3) is 0.583. The number of nitrogens with one attached hydrogen (secondary N) is 1. The van der Waals surface area contributed by atoms with E-state index in [9.17, 15) is 14.4 Å². The Labute approximate surface area is 172 Å². The molecule has 4 atom stereocenters. The Morgan fingerprint density at radius 3 is 2.86 bits per heavy atom. The molecule has 1 N–H and O–H groups in total. The molecule has 1 aromatic carbocycles. The molecule has 2 aliphatic heterocycles. The number of ketones is 1. The average molecular weight is 396 g/mol. The molecule has 29 heavy (non-hydrogen) atoms. The van der Waals surface area contributed by atoms with E-state index in [4.69, 9.17) is 0 Å². The van der Waals surface area contributed by atoms with Gasteiger partial charge in [0.25, 0.3) is 0 Å². The molecule has 0 amide bonds. The van der Waals surface area contributed by atoms with Gasteiger partial charge in [-0.15, -0.1) is 0 Å². The number of benzene rings is 1. The lowest BCUT2D eigenvalue weighted by molar-refractivity contribution is -0.122. The number of piperidine rings is 1. The van der Waals surface area contributed by atoms with Gasteiger partial charge in [0.15, 0.2) is 5.78 Å². The van der Waals surface area contributed by atoms with Crippen LogP contribution in [0.4, 0.5) is 4.39 Å². The molecule has 0 aromatic heterocycles. The van der Waals surface area contributed by atoms with Gasteiger partial charge in [-0.05, 0) is 67.3 Å². The van der Waals surface area contributed by atoms with Gasteiger partial charge in [0, 0.05) is 25.6 Å². The Morgan fingerprint density at radius 2 is 2.28 bits per heavy atom. The molecule has 1 aromatic rings. The number of rotatable bonds is 7. The van der Waals surface area contributed by atoms with Crippen molar-refractivity contribution in [2.24, 2.45) is 11.8 Å². The second-order valence-electron chi connectivity index (χ2n) is 8.79. The van der Waals surface area contributed by atoms with Crippen molar-refractivity contribution in [3.63, 3.8) is 0 Å². The van der Waals surface area contributed by atoms with E-state index in [0.29, 0.717) is 17.5 Å². The van der Waals surface area contributed by atoms with Crippen LogP contribution in [0.2, 0.25) is 0 Å². The first-order chi connectivity index (χ1) is 14.1. The van der Waals surface area contributed by atoms with Crippen molar-refractivity contribution in [2.45, 2.75) is 57.5 Å². The van der Waals surface area contributed by atoms with Crippen molar-refractivity contribution in [1.29, 1.82) is 5.26 Å². The van der Waals surface area contributed by atoms with Crippen molar-refractivity contribution in [3.05, 3.63) is 41.2 Å². The van der Waals surface area contributed by atoms with Crippen LogP contribution >= 0.6 is 0 Å². The molecule has 3 aliphatic rings. The maximum Gasteiger partial charge on any atom is 0.151 e. The van der Waals surface area contributed by atoms with Crippen LogP contribution < -0.4 is 5.32 Å². The number of nitriles is 1. The van der Waals surface area contributed by atoms with Gasteiger partial charge in [-0.2, -0.15) is 5.26 Å². The van der Waals surface area contributed by atoms with E-state index in [-0.39, 0.29) is 30.5 Å².